The van der Waals surface area contributed by atoms with Crippen molar-refractivity contribution in [3.63, 3.8) is 0 Å². The Hall–Kier alpha value is -3.09. The lowest BCUT2D eigenvalue weighted by molar-refractivity contribution is -0.142. The van der Waals surface area contributed by atoms with Crippen molar-refractivity contribution in [3.05, 3.63) is 93.6 Å². The van der Waals surface area contributed by atoms with Gasteiger partial charge in [-0.05, 0) is 54.7 Å². The summed E-state index contributed by atoms with van der Waals surface area (Å²) in [6.45, 7) is 0.866. The smallest absolute Gasteiger partial charge is 0.328 e. The Morgan fingerprint density at radius 1 is 0.941 bits per heavy atom. The van der Waals surface area contributed by atoms with E-state index in [1.807, 2.05) is 42.5 Å². The second-order valence-electron chi connectivity index (χ2n) is 7.77. The van der Waals surface area contributed by atoms with Crippen LogP contribution in [0.2, 0.25) is 10.0 Å². The first-order valence-electron chi connectivity index (χ1n) is 11.0. The van der Waals surface area contributed by atoms with E-state index in [1.54, 1.807) is 24.4 Å². The Bertz CT molecular complexity index is 1070. The number of rotatable bonds is 11. The quantitative estimate of drug-likeness (QED) is 0.275. The van der Waals surface area contributed by atoms with E-state index in [0.717, 1.165) is 37.2 Å². The van der Waals surface area contributed by atoms with Crippen LogP contribution >= 0.6 is 23.2 Å². The van der Waals surface area contributed by atoms with Crippen molar-refractivity contribution in [1.82, 2.24) is 10.3 Å². The lowest BCUT2D eigenvalue weighted by atomic mass is 10.0. The number of carbonyl (C=O) groups excluding carboxylic acids is 2. The minimum atomic E-state index is -0.867. The molecule has 0 aliphatic carbocycles. The fraction of sp³-hybridized carbons (Fsp3) is 0.269. The Morgan fingerprint density at radius 2 is 1.65 bits per heavy atom. The first-order valence-corrected chi connectivity index (χ1v) is 11.8. The molecule has 1 amide bonds. The molecular formula is C26H27Cl2N3O3. The zero-order valence-corrected chi connectivity index (χ0v) is 20.4. The van der Waals surface area contributed by atoms with Crippen molar-refractivity contribution < 1.29 is 14.3 Å². The average Bonchev–Trinajstić information content (AvgIpc) is 2.84. The number of pyridine rings is 1. The highest BCUT2D eigenvalue weighted by atomic mass is 35.5. The van der Waals surface area contributed by atoms with Crippen molar-refractivity contribution in [1.29, 1.82) is 0 Å². The molecule has 0 aliphatic heterocycles. The van der Waals surface area contributed by atoms with E-state index in [-0.39, 0.29) is 22.0 Å². The van der Waals surface area contributed by atoms with Crippen LogP contribution in [-0.4, -0.2) is 36.6 Å². The molecule has 1 atom stereocenters. The number of unbranched alkanes of at least 4 members (excludes halogenated alkanes) is 1. The molecule has 0 fully saturated rings. The van der Waals surface area contributed by atoms with Crippen LogP contribution < -0.4 is 10.6 Å². The van der Waals surface area contributed by atoms with Gasteiger partial charge in [-0.3, -0.25) is 4.79 Å². The standard InChI is InChI=1S/C26H27Cl2N3O3/c1-34-26(33)22(31-25(32)24-20(27)8-6-9-21(24)28)17-19-13-11-18(12-14-19)7-2-4-15-29-23-10-3-5-16-30-23/h3,5-6,8-14,16,22H,2,4,7,15,17H2,1H3,(H,29,30)(H,31,32)/t22-/m0/s1. The number of anilines is 1. The molecule has 2 N–H and O–H groups in total. The Balaban J connectivity index is 1.52. The summed E-state index contributed by atoms with van der Waals surface area (Å²) in [7, 11) is 1.29. The molecule has 3 rings (SSSR count). The maximum Gasteiger partial charge on any atom is 0.328 e. The summed E-state index contributed by atoms with van der Waals surface area (Å²) in [5, 5.41) is 6.43. The predicted molar refractivity (Wildman–Crippen MR) is 136 cm³/mol. The summed E-state index contributed by atoms with van der Waals surface area (Å²) >= 11 is 12.2. The number of hydrogen-bond donors (Lipinski definition) is 2. The number of aryl methyl sites for hydroxylation is 1. The van der Waals surface area contributed by atoms with Gasteiger partial charge in [-0.25, -0.2) is 9.78 Å². The van der Waals surface area contributed by atoms with Gasteiger partial charge in [-0.15, -0.1) is 0 Å². The molecule has 178 valence electrons. The van der Waals surface area contributed by atoms with E-state index in [4.69, 9.17) is 27.9 Å². The van der Waals surface area contributed by atoms with Gasteiger partial charge in [-0.2, -0.15) is 0 Å². The molecule has 6 nitrogen and oxygen atoms in total. The molecule has 34 heavy (non-hydrogen) atoms. The third-order valence-electron chi connectivity index (χ3n) is 5.31. The lowest BCUT2D eigenvalue weighted by Crippen LogP contribution is -2.43. The molecule has 0 bridgehead atoms. The number of esters is 1. The number of methoxy groups -OCH3 is 1. The predicted octanol–water partition coefficient (Wildman–Crippen LogP) is 5.34. The number of hydrogen-bond acceptors (Lipinski definition) is 5. The minimum absolute atomic E-state index is 0.132. The van der Waals surface area contributed by atoms with E-state index in [0.29, 0.717) is 0 Å². The maximum atomic E-state index is 12.7. The molecule has 0 unspecified atom stereocenters. The van der Waals surface area contributed by atoms with Crippen LogP contribution in [0.1, 0.15) is 34.3 Å². The highest BCUT2D eigenvalue weighted by Crippen LogP contribution is 2.24. The van der Waals surface area contributed by atoms with Gasteiger partial charge in [0, 0.05) is 19.2 Å². The van der Waals surface area contributed by atoms with E-state index < -0.39 is 17.9 Å². The fourth-order valence-electron chi connectivity index (χ4n) is 3.50. The highest BCUT2D eigenvalue weighted by Gasteiger charge is 2.24. The van der Waals surface area contributed by atoms with Crippen LogP contribution in [0.15, 0.2) is 66.9 Å². The zero-order valence-electron chi connectivity index (χ0n) is 18.9. The minimum Gasteiger partial charge on any atom is -0.467 e. The number of nitrogens with zero attached hydrogens (tertiary/aromatic N) is 1. The third kappa shape index (κ3) is 7.47. The maximum absolute atomic E-state index is 12.7. The van der Waals surface area contributed by atoms with Crippen molar-refractivity contribution in [3.8, 4) is 0 Å². The molecule has 8 heteroatoms. The van der Waals surface area contributed by atoms with Crippen molar-refractivity contribution in [2.24, 2.45) is 0 Å². The summed E-state index contributed by atoms with van der Waals surface area (Å²) in [4.78, 5) is 29.3. The van der Waals surface area contributed by atoms with Crippen LogP contribution in [0, 0.1) is 0 Å². The molecule has 3 aromatic rings. The number of halogens is 2. The van der Waals surface area contributed by atoms with E-state index in [9.17, 15) is 9.59 Å². The number of ether oxygens (including phenoxy) is 1. The Kier molecular flexibility index (Phi) is 9.74. The fourth-order valence-corrected chi connectivity index (χ4v) is 4.07. The zero-order chi connectivity index (χ0) is 24.3. The van der Waals surface area contributed by atoms with Crippen LogP contribution in [0.5, 0.6) is 0 Å². The largest absolute Gasteiger partial charge is 0.467 e. The second kappa shape index (κ2) is 13.0. The molecule has 0 spiro atoms. The Morgan fingerprint density at radius 3 is 2.29 bits per heavy atom. The monoisotopic (exact) mass is 499 g/mol. The van der Waals surface area contributed by atoms with Gasteiger partial charge in [0.15, 0.2) is 0 Å². The third-order valence-corrected chi connectivity index (χ3v) is 5.94. The van der Waals surface area contributed by atoms with Gasteiger partial charge in [-0.1, -0.05) is 59.6 Å². The van der Waals surface area contributed by atoms with E-state index in [1.165, 1.54) is 12.7 Å². The summed E-state index contributed by atoms with van der Waals surface area (Å²) in [6, 6.07) is 17.7. The average molecular weight is 500 g/mol. The number of benzene rings is 2. The molecule has 1 aromatic heterocycles. The van der Waals surface area contributed by atoms with Gasteiger partial charge in [0.25, 0.3) is 5.91 Å². The molecule has 0 saturated heterocycles. The summed E-state index contributed by atoms with van der Waals surface area (Å²) in [5.74, 6) is -0.182. The van der Waals surface area contributed by atoms with Crippen LogP contribution in [-0.2, 0) is 22.4 Å². The van der Waals surface area contributed by atoms with Crippen molar-refractivity contribution in [2.75, 3.05) is 19.0 Å². The van der Waals surface area contributed by atoms with Crippen LogP contribution in [0.25, 0.3) is 0 Å². The number of amides is 1. The van der Waals surface area contributed by atoms with Gasteiger partial charge < -0.3 is 15.4 Å². The molecule has 1 heterocycles. The van der Waals surface area contributed by atoms with Gasteiger partial charge in [0.2, 0.25) is 0 Å². The number of nitrogens with one attached hydrogen (secondary N) is 2. The van der Waals surface area contributed by atoms with Gasteiger partial charge in [0.1, 0.15) is 11.9 Å². The van der Waals surface area contributed by atoms with Crippen molar-refractivity contribution >= 4 is 40.9 Å². The first-order chi connectivity index (χ1) is 16.5. The summed E-state index contributed by atoms with van der Waals surface area (Å²) in [5.41, 5.74) is 2.25. The Labute approximate surface area is 209 Å². The topological polar surface area (TPSA) is 80.3 Å². The summed E-state index contributed by atoms with van der Waals surface area (Å²) < 4.78 is 4.88. The number of aromatic nitrogens is 1. The molecule has 0 aliphatic rings. The molecule has 0 saturated carbocycles. The lowest BCUT2D eigenvalue weighted by Gasteiger charge is -2.18. The van der Waals surface area contributed by atoms with E-state index in [2.05, 4.69) is 15.6 Å². The van der Waals surface area contributed by atoms with Gasteiger partial charge in [0.05, 0.1) is 22.7 Å². The van der Waals surface area contributed by atoms with Crippen molar-refractivity contribution in [2.45, 2.75) is 31.7 Å². The SMILES string of the molecule is COC(=O)[C@H](Cc1ccc(CCCCNc2ccccn2)cc1)NC(=O)c1c(Cl)cccc1Cl. The highest BCUT2D eigenvalue weighted by molar-refractivity contribution is 6.39. The van der Waals surface area contributed by atoms with E-state index >= 15 is 0 Å². The number of carbonyl (C=O) groups is 2. The molecule has 0 radical (unpaired) electrons. The first kappa shape index (κ1) is 25.5. The second-order valence-corrected chi connectivity index (χ2v) is 8.58. The summed E-state index contributed by atoms with van der Waals surface area (Å²) in [6.07, 6.45) is 5.07. The molecular weight excluding hydrogens is 473 g/mol. The van der Waals surface area contributed by atoms with Crippen LogP contribution in [0.3, 0.4) is 0 Å². The van der Waals surface area contributed by atoms with Crippen LogP contribution in [0.4, 0.5) is 5.82 Å². The van der Waals surface area contributed by atoms with Gasteiger partial charge >= 0.3 is 5.97 Å². The molecule has 2 aromatic carbocycles. The normalized spacial score (nSPS) is 11.5.